The van der Waals surface area contributed by atoms with Crippen LogP contribution in [0.1, 0.15) is 0 Å². The first-order chi connectivity index (χ1) is 24.8. The Morgan fingerprint density at radius 2 is 0.780 bits per heavy atom. The molecule has 5 nitrogen and oxygen atoms in total. The van der Waals surface area contributed by atoms with Crippen LogP contribution in [0.2, 0.25) is 0 Å². The standard InChI is InChI=1S/C45H29N5/c1-4-17-32(18-5-1)39-29-40(37-26-14-23-30-15-10-12-24-35(30)37)47-45(46-39)41-36-25-13-11-16-31(36)27-28-38(41)44-49-42(33-19-6-2-7-20-33)48-43(50-44)34-21-8-3-9-22-34/h1-29H. The molecule has 0 aliphatic heterocycles. The van der Waals surface area contributed by atoms with Gasteiger partial charge in [-0.3, -0.25) is 0 Å². The van der Waals surface area contributed by atoms with Crippen LogP contribution < -0.4 is 0 Å². The van der Waals surface area contributed by atoms with Crippen LogP contribution in [0.4, 0.5) is 0 Å². The first kappa shape index (κ1) is 29.3. The first-order valence-corrected chi connectivity index (χ1v) is 16.6. The molecule has 9 aromatic rings. The van der Waals surface area contributed by atoms with Crippen LogP contribution in [0.25, 0.3) is 89.6 Å². The minimum atomic E-state index is 0.555. The van der Waals surface area contributed by atoms with Gasteiger partial charge in [0.25, 0.3) is 0 Å². The van der Waals surface area contributed by atoms with Crippen LogP contribution in [0.15, 0.2) is 176 Å². The van der Waals surface area contributed by atoms with E-state index >= 15 is 0 Å². The van der Waals surface area contributed by atoms with E-state index in [9.17, 15) is 0 Å². The number of hydrogen-bond donors (Lipinski definition) is 0. The fourth-order valence-electron chi connectivity index (χ4n) is 6.53. The second kappa shape index (κ2) is 12.6. The third-order valence-corrected chi connectivity index (χ3v) is 8.95. The molecule has 5 heteroatoms. The molecule has 0 fully saturated rings. The molecule has 0 amide bonds. The number of aromatic nitrogens is 5. The Balaban J connectivity index is 1.35. The van der Waals surface area contributed by atoms with Crippen molar-refractivity contribution in [2.75, 3.05) is 0 Å². The minimum absolute atomic E-state index is 0.555. The van der Waals surface area contributed by atoms with Gasteiger partial charge in [-0.05, 0) is 33.7 Å². The van der Waals surface area contributed by atoms with Gasteiger partial charge >= 0.3 is 0 Å². The Morgan fingerprint density at radius 1 is 0.280 bits per heavy atom. The van der Waals surface area contributed by atoms with Crippen LogP contribution in [0.3, 0.4) is 0 Å². The van der Waals surface area contributed by atoms with Crippen molar-refractivity contribution in [1.82, 2.24) is 24.9 Å². The predicted molar refractivity (Wildman–Crippen MR) is 203 cm³/mol. The molecular formula is C45H29N5. The Hall–Kier alpha value is -6.85. The lowest BCUT2D eigenvalue weighted by atomic mass is 9.96. The molecule has 7 aromatic carbocycles. The normalized spacial score (nSPS) is 11.2. The number of rotatable bonds is 6. The van der Waals surface area contributed by atoms with Crippen LogP contribution in [0, 0.1) is 0 Å². The minimum Gasteiger partial charge on any atom is -0.228 e. The lowest BCUT2D eigenvalue weighted by Gasteiger charge is -2.16. The van der Waals surface area contributed by atoms with E-state index < -0.39 is 0 Å². The number of benzene rings is 7. The van der Waals surface area contributed by atoms with Gasteiger partial charge in [0, 0.05) is 33.4 Å². The van der Waals surface area contributed by atoms with Gasteiger partial charge in [-0.25, -0.2) is 24.9 Å². The highest BCUT2D eigenvalue weighted by molar-refractivity contribution is 6.03. The summed E-state index contributed by atoms with van der Waals surface area (Å²) in [6.07, 6.45) is 0. The number of hydrogen-bond acceptors (Lipinski definition) is 5. The Labute approximate surface area is 289 Å². The molecule has 50 heavy (non-hydrogen) atoms. The van der Waals surface area contributed by atoms with Gasteiger partial charge in [0.2, 0.25) is 0 Å². The summed E-state index contributed by atoms with van der Waals surface area (Å²) in [4.78, 5) is 25.8. The Morgan fingerprint density at radius 3 is 1.44 bits per heavy atom. The summed E-state index contributed by atoms with van der Waals surface area (Å²) >= 11 is 0. The van der Waals surface area contributed by atoms with E-state index in [2.05, 4.69) is 97.1 Å². The van der Waals surface area contributed by atoms with Gasteiger partial charge in [0.15, 0.2) is 23.3 Å². The molecule has 0 saturated carbocycles. The van der Waals surface area contributed by atoms with Crippen molar-refractivity contribution >= 4 is 21.5 Å². The number of nitrogens with zero attached hydrogens (tertiary/aromatic N) is 5. The van der Waals surface area contributed by atoms with Crippen molar-refractivity contribution < 1.29 is 0 Å². The second-order valence-electron chi connectivity index (χ2n) is 12.1. The Bertz CT molecular complexity index is 2580. The highest BCUT2D eigenvalue weighted by atomic mass is 15.0. The SMILES string of the molecule is c1ccc(-c2cc(-c3cccc4ccccc34)nc(-c3c(-c4nc(-c5ccccc5)nc(-c5ccccc5)n4)ccc4ccccc34)n2)cc1. The van der Waals surface area contributed by atoms with Crippen LogP contribution in [-0.2, 0) is 0 Å². The summed E-state index contributed by atoms with van der Waals surface area (Å²) < 4.78 is 0. The van der Waals surface area contributed by atoms with E-state index in [1.807, 2.05) is 78.9 Å². The third-order valence-electron chi connectivity index (χ3n) is 8.95. The first-order valence-electron chi connectivity index (χ1n) is 16.6. The summed E-state index contributed by atoms with van der Waals surface area (Å²) in [5.74, 6) is 2.36. The van der Waals surface area contributed by atoms with Crippen molar-refractivity contribution in [3.05, 3.63) is 176 Å². The molecule has 0 saturated heterocycles. The van der Waals surface area contributed by atoms with Gasteiger partial charge in [-0.2, -0.15) is 0 Å². The average molecular weight is 640 g/mol. The molecule has 0 spiro atoms. The zero-order chi connectivity index (χ0) is 33.3. The molecule has 234 valence electrons. The van der Waals surface area contributed by atoms with E-state index in [1.54, 1.807) is 0 Å². The fourth-order valence-corrected chi connectivity index (χ4v) is 6.53. The smallest absolute Gasteiger partial charge is 0.164 e. The molecule has 9 rings (SSSR count). The van der Waals surface area contributed by atoms with E-state index in [4.69, 9.17) is 24.9 Å². The van der Waals surface area contributed by atoms with E-state index in [-0.39, 0.29) is 0 Å². The third kappa shape index (κ3) is 5.47. The zero-order valence-corrected chi connectivity index (χ0v) is 27.0. The predicted octanol–water partition coefficient (Wildman–Crippen LogP) is 11.0. The van der Waals surface area contributed by atoms with E-state index in [1.165, 1.54) is 0 Å². The van der Waals surface area contributed by atoms with Crippen LogP contribution in [0.5, 0.6) is 0 Å². The van der Waals surface area contributed by atoms with Crippen LogP contribution >= 0.6 is 0 Å². The average Bonchev–Trinajstić information content (AvgIpc) is 3.21. The molecule has 0 unspecified atom stereocenters. The molecule has 0 atom stereocenters. The van der Waals surface area contributed by atoms with E-state index in [0.29, 0.717) is 23.3 Å². The quantitative estimate of drug-likeness (QED) is 0.181. The van der Waals surface area contributed by atoms with Crippen LogP contribution in [-0.4, -0.2) is 24.9 Å². The lowest BCUT2D eigenvalue weighted by Crippen LogP contribution is -2.03. The van der Waals surface area contributed by atoms with E-state index in [0.717, 1.165) is 66.3 Å². The fraction of sp³-hybridized carbons (Fsp3) is 0. The monoisotopic (exact) mass is 639 g/mol. The van der Waals surface area contributed by atoms with Crippen molar-refractivity contribution in [1.29, 1.82) is 0 Å². The highest BCUT2D eigenvalue weighted by Gasteiger charge is 2.21. The summed E-state index contributed by atoms with van der Waals surface area (Å²) in [5.41, 5.74) is 7.26. The molecular weight excluding hydrogens is 611 g/mol. The molecule has 2 heterocycles. The van der Waals surface area contributed by atoms with Gasteiger partial charge in [0.1, 0.15) is 0 Å². The lowest BCUT2D eigenvalue weighted by molar-refractivity contribution is 1.07. The molecule has 0 N–H and O–H groups in total. The molecule has 0 radical (unpaired) electrons. The topological polar surface area (TPSA) is 64.5 Å². The maximum absolute atomic E-state index is 5.36. The van der Waals surface area contributed by atoms with Gasteiger partial charge in [-0.15, -0.1) is 0 Å². The molecule has 0 aliphatic carbocycles. The van der Waals surface area contributed by atoms with Crippen molar-refractivity contribution in [2.24, 2.45) is 0 Å². The van der Waals surface area contributed by atoms with Crippen molar-refractivity contribution in [2.45, 2.75) is 0 Å². The van der Waals surface area contributed by atoms with Gasteiger partial charge in [-0.1, -0.05) is 164 Å². The van der Waals surface area contributed by atoms with Gasteiger partial charge in [0.05, 0.1) is 11.4 Å². The summed E-state index contributed by atoms with van der Waals surface area (Å²) in [6.45, 7) is 0. The maximum Gasteiger partial charge on any atom is 0.164 e. The molecule has 0 aliphatic rings. The summed E-state index contributed by atoms with van der Waals surface area (Å²) in [7, 11) is 0. The highest BCUT2D eigenvalue weighted by Crippen LogP contribution is 2.39. The molecule has 2 aromatic heterocycles. The van der Waals surface area contributed by atoms with Gasteiger partial charge < -0.3 is 0 Å². The summed E-state index contributed by atoms with van der Waals surface area (Å²) in [5, 5.41) is 4.38. The largest absolute Gasteiger partial charge is 0.228 e. The van der Waals surface area contributed by atoms with Crippen molar-refractivity contribution in [3.63, 3.8) is 0 Å². The maximum atomic E-state index is 5.36. The Kier molecular flexibility index (Phi) is 7.41. The zero-order valence-electron chi connectivity index (χ0n) is 27.0. The second-order valence-corrected chi connectivity index (χ2v) is 12.1. The summed E-state index contributed by atoms with van der Waals surface area (Å²) in [6, 6.07) is 59.8. The molecule has 0 bridgehead atoms. The number of fused-ring (bicyclic) bond motifs is 2. The van der Waals surface area contributed by atoms with Crippen molar-refractivity contribution in [3.8, 4) is 68.1 Å².